The highest BCUT2D eigenvalue weighted by Gasteiger charge is 2.30. The quantitative estimate of drug-likeness (QED) is 0.597. The number of likely N-dealkylation sites (tertiary alicyclic amines) is 1. The number of β-amino-alcohol motifs (C(OH)–C–C–N with tert-alkyl or cyclic N) is 1. The fraction of sp³-hybridized carbons (Fsp3) is 1.00. The van der Waals surface area contributed by atoms with Crippen LogP contribution in [0, 0.1) is 5.92 Å². The van der Waals surface area contributed by atoms with Crippen LogP contribution in [0.2, 0.25) is 0 Å². The zero-order chi connectivity index (χ0) is 9.35. The van der Waals surface area contributed by atoms with E-state index in [0.29, 0.717) is 5.92 Å². The third-order valence-electron chi connectivity index (χ3n) is 2.87. The van der Waals surface area contributed by atoms with Gasteiger partial charge in [-0.25, -0.2) is 0 Å². The van der Waals surface area contributed by atoms with Crippen LogP contribution in [-0.4, -0.2) is 34.7 Å². The largest absolute Gasteiger partial charge is 0.392 e. The van der Waals surface area contributed by atoms with Crippen molar-refractivity contribution < 1.29 is 5.11 Å². The summed E-state index contributed by atoms with van der Waals surface area (Å²) in [7, 11) is 0. The molecule has 2 unspecified atom stereocenters. The lowest BCUT2D eigenvalue weighted by molar-refractivity contribution is -0.00914. The van der Waals surface area contributed by atoms with Crippen molar-refractivity contribution in [3.8, 4) is 0 Å². The number of hydrogen-bond donors (Lipinski definition) is 1. The Labute approximate surface area is 75.6 Å². The van der Waals surface area contributed by atoms with Crippen LogP contribution < -0.4 is 0 Å². The van der Waals surface area contributed by atoms with Crippen molar-refractivity contribution in [1.82, 2.24) is 4.90 Å². The molecule has 0 amide bonds. The summed E-state index contributed by atoms with van der Waals surface area (Å²) in [4.78, 5) is 2.36. The van der Waals surface area contributed by atoms with Gasteiger partial charge in [0.25, 0.3) is 0 Å². The lowest BCUT2D eigenvalue weighted by atomic mass is 9.92. The number of aliphatic hydroxyl groups is 1. The zero-order valence-electron chi connectivity index (χ0n) is 8.67. The molecule has 0 radical (unpaired) electrons. The summed E-state index contributed by atoms with van der Waals surface area (Å²) in [6.07, 6.45) is 0.997. The molecule has 0 aromatic heterocycles. The molecule has 1 saturated heterocycles. The molecule has 1 N–H and O–H groups in total. The van der Waals surface area contributed by atoms with Crippen molar-refractivity contribution in [1.29, 1.82) is 0 Å². The number of hydrogen-bond acceptors (Lipinski definition) is 2. The predicted octanol–water partition coefficient (Wildman–Crippen LogP) is 1.49. The Balaban J connectivity index is 2.51. The summed E-state index contributed by atoms with van der Waals surface area (Å²) < 4.78 is 0. The minimum Gasteiger partial charge on any atom is -0.392 e. The van der Waals surface area contributed by atoms with Gasteiger partial charge in [0.15, 0.2) is 0 Å². The molecular formula is C10H21NO. The van der Waals surface area contributed by atoms with Gasteiger partial charge < -0.3 is 5.11 Å². The second-order valence-corrected chi connectivity index (χ2v) is 4.95. The highest BCUT2D eigenvalue weighted by Crippen LogP contribution is 2.23. The maximum atomic E-state index is 9.67. The average molecular weight is 171 g/mol. The zero-order valence-corrected chi connectivity index (χ0v) is 8.67. The van der Waals surface area contributed by atoms with E-state index in [1.165, 1.54) is 0 Å². The van der Waals surface area contributed by atoms with Crippen LogP contribution >= 0.6 is 0 Å². The third kappa shape index (κ3) is 2.20. The van der Waals surface area contributed by atoms with Crippen molar-refractivity contribution >= 4 is 0 Å². The van der Waals surface area contributed by atoms with Crippen LogP contribution in [0.5, 0.6) is 0 Å². The van der Waals surface area contributed by atoms with Crippen LogP contribution in [0.15, 0.2) is 0 Å². The van der Waals surface area contributed by atoms with E-state index in [1.54, 1.807) is 0 Å². The first-order chi connectivity index (χ1) is 5.41. The summed E-state index contributed by atoms with van der Waals surface area (Å²) in [6.45, 7) is 10.7. The molecule has 0 aliphatic carbocycles. The van der Waals surface area contributed by atoms with E-state index < -0.39 is 0 Å². The predicted molar refractivity (Wildman–Crippen MR) is 51.1 cm³/mol. The standard InChI is InChI=1S/C10H21NO/c1-8-5-6-11(7-9(8)12)10(2,3)4/h8-9,12H,5-7H2,1-4H3. The van der Waals surface area contributed by atoms with Crippen molar-refractivity contribution in [2.24, 2.45) is 5.92 Å². The molecule has 0 aromatic rings. The number of piperidine rings is 1. The lowest BCUT2D eigenvalue weighted by Gasteiger charge is -2.42. The Morgan fingerprint density at radius 1 is 1.33 bits per heavy atom. The number of aliphatic hydroxyl groups excluding tert-OH is 1. The molecule has 1 aliphatic rings. The van der Waals surface area contributed by atoms with E-state index in [9.17, 15) is 5.11 Å². The van der Waals surface area contributed by atoms with Crippen LogP contribution in [0.25, 0.3) is 0 Å². The second kappa shape index (κ2) is 3.35. The molecule has 1 fully saturated rings. The van der Waals surface area contributed by atoms with Gasteiger partial charge in [0.2, 0.25) is 0 Å². The number of nitrogens with zero attached hydrogens (tertiary/aromatic N) is 1. The van der Waals surface area contributed by atoms with Crippen LogP contribution in [0.1, 0.15) is 34.1 Å². The van der Waals surface area contributed by atoms with Crippen LogP contribution in [-0.2, 0) is 0 Å². The lowest BCUT2D eigenvalue weighted by Crippen LogP contribution is -2.51. The fourth-order valence-corrected chi connectivity index (χ4v) is 1.66. The van der Waals surface area contributed by atoms with E-state index >= 15 is 0 Å². The van der Waals surface area contributed by atoms with Gasteiger partial charge in [-0.15, -0.1) is 0 Å². The average Bonchev–Trinajstić information content (AvgIpc) is 1.92. The fourth-order valence-electron chi connectivity index (χ4n) is 1.66. The van der Waals surface area contributed by atoms with E-state index in [4.69, 9.17) is 0 Å². The Morgan fingerprint density at radius 2 is 1.92 bits per heavy atom. The van der Waals surface area contributed by atoms with Gasteiger partial charge in [0.1, 0.15) is 0 Å². The molecule has 0 bridgehead atoms. The van der Waals surface area contributed by atoms with Crippen LogP contribution in [0.3, 0.4) is 0 Å². The van der Waals surface area contributed by atoms with Gasteiger partial charge in [0, 0.05) is 12.1 Å². The maximum Gasteiger partial charge on any atom is 0.0693 e. The molecule has 2 nitrogen and oxygen atoms in total. The molecule has 72 valence electrons. The molecule has 12 heavy (non-hydrogen) atoms. The van der Waals surface area contributed by atoms with Gasteiger partial charge in [-0.05, 0) is 39.7 Å². The summed E-state index contributed by atoms with van der Waals surface area (Å²) in [5.41, 5.74) is 0.209. The summed E-state index contributed by atoms with van der Waals surface area (Å²) in [6, 6.07) is 0. The van der Waals surface area contributed by atoms with E-state index in [1.807, 2.05) is 0 Å². The minimum atomic E-state index is -0.127. The van der Waals surface area contributed by atoms with Gasteiger partial charge in [0.05, 0.1) is 6.10 Å². The molecule has 0 saturated carbocycles. The van der Waals surface area contributed by atoms with Gasteiger partial charge in [-0.3, -0.25) is 4.90 Å². The SMILES string of the molecule is CC1CCN(C(C)(C)C)CC1O. The summed E-state index contributed by atoms with van der Waals surface area (Å²) >= 11 is 0. The van der Waals surface area contributed by atoms with Gasteiger partial charge >= 0.3 is 0 Å². The Hall–Kier alpha value is -0.0800. The maximum absolute atomic E-state index is 9.67. The van der Waals surface area contributed by atoms with Gasteiger partial charge in [-0.1, -0.05) is 6.92 Å². The smallest absolute Gasteiger partial charge is 0.0693 e. The normalized spacial score (nSPS) is 33.8. The summed E-state index contributed by atoms with van der Waals surface area (Å²) in [5.74, 6) is 0.476. The highest BCUT2D eigenvalue weighted by atomic mass is 16.3. The first-order valence-electron chi connectivity index (χ1n) is 4.84. The molecule has 1 heterocycles. The molecule has 2 atom stereocenters. The Kier molecular flexibility index (Phi) is 2.79. The van der Waals surface area contributed by atoms with E-state index in [-0.39, 0.29) is 11.6 Å². The molecule has 0 spiro atoms. The number of rotatable bonds is 0. The van der Waals surface area contributed by atoms with E-state index in [2.05, 4.69) is 32.6 Å². The summed E-state index contributed by atoms with van der Waals surface area (Å²) in [5, 5.41) is 9.67. The van der Waals surface area contributed by atoms with Gasteiger partial charge in [-0.2, -0.15) is 0 Å². The third-order valence-corrected chi connectivity index (χ3v) is 2.87. The second-order valence-electron chi connectivity index (χ2n) is 4.95. The first-order valence-corrected chi connectivity index (χ1v) is 4.84. The first kappa shape index (κ1) is 10.0. The van der Waals surface area contributed by atoms with Crippen molar-refractivity contribution in [2.45, 2.75) is 45.8 Å². The highest BCUT2D eigenvalue weighted by molar-refractivity contribution is 4.84. The topological polar surface area (TPSA) is 23.5 Å². The molecule has 1 aliphatic heterocycles. The van der Waals surface area contributed by atoms with Crippen molar-refractivity contribution in [2.75, 3.05) is 13.1 Å². The molecule has 2 heteroatoms. The molecular weight excluding hydrogens is 150 g/mol. The molecule has 1 rings (SSSR count). The van der Waals surface area contributed by atoms with Crippen molar-refractivity contribution in [3.63, 3.8) is 0 Å². The Morgan fingerprint density at radius 3 is 2.33 bits per heavy atom. The molecule has 0 aromatic carbocycles. The van der Waals surface area contributed by atoms with Crippen LogP contribution in [0.4, 0.5) is 0 Å². The Bertz CT molecular complexity index is 150. The van der Waals surface area contributed by atoms with E-state index in [0.717, 1.165) is 19.5 Å². The minimum absolute atomic E-state index is 0.127. The monoisotopic (exact) mass is 171 g/mol. The van der Waals surface area contributed by atoms with Crippen molar-refractivity contribution in [3.05, 3.63) is 0 Å².